The first-order valence-corrected chi connectivity index (χ1v) is 16.7. The Kier molecular flexibility index (Phi) is 6.25. The maximum Gasteiger partial charge on any atom is 0.0629 e. The van der Waals surface area contributed by atoms with E-state index < -0.39 is 6.04 Å². The summed E-state index contributed by atoms with van der Waals surface area (Å²) in [5.74, 6) is 0. The minimum atomic E-state index is -0.401. The Morgan fingerprint density at radius 2 is 0.800 bits per heavy atom. The van der Waals surface area contributed by atoms with Crippen molar-refractivity contribution < 1.29 is 6.85 Å². The number of hydrogen-bond donors (Lipinski definition) is 0. The van der Waals surface area contributed by atoms with Crippen LogP contribution in [0.15, 0.2) is 206 Å². The molecule has 0 aliphatic rings. The van der Waals surface area contributed by atoms with Crippen molar-refractivity contribution in [1.29, 1.82) is 0 Å². The number of anilines is 3. The molecule has 236 valence electrons. The molecule has 50 heavy (non-hydrogen) atoms. The van der Waals surface area contributed by atoms with E-state index in [-0.39, 0.29) is 29.7 Å². The quantitative estimate of drug-likeness (QED) is 0.168. The van der Waals surface area contributed by atoms with E-state index in [2.05, 4.69) is 143 Å². The van der Waals surface area contributed by atoms with Gasteiger partial charge in [-0.2, -0.15) is 0 Å². The highest BCUT2D eigenvalue weighted by Crippen LogP contribution is 2.38. The van der Waals surface area contributed by atoms with Gasteiger partial charge in [-0.25, -0.2) is 0 Å². The van der Waals surface area contributed by atoms with Crippen molar-refractivity contribution in [3.63, 3.8) is 0 Å². The number of aromatic nitrogens is 1. The Balaban J connectivity index is 1.10. The molecule has 0 atom stereocenters. The number of nitrogens with zero attached hydrogens (tertiary/aromatic N) is 2. The number of para-hydroxylation sites is 2. The third kappa shape index (κ3) is 5.43. The van der Waals surface area contributed by atoms with Crippen LogP contribution in [0.4, 0.5) is 17.1 Å². The monoisotopic (exact) mass is 643 g/mol. The zero-order chi connectivity index (χ0) is 37.6. The SMILES string of the molecule is [2H]c1c([2H])c([2H])c(-c2ccc(N(c3ccc(-c4ccccc4)cc3)c3ccc(-c4cccc(-n5c6ccccc6c6ccccc65)c4)cc3)cc2)c([2H])c1[2H]. The lowest BCUT2D eigenvalue weighted by molar-refractivity contribution is 1.18. The summed E-state index contributed by atoms with van der Waals surface area (Å²) < 4.78 is 43.7. The normalized spacial score (nSPS) is 12.6. The van der Waals surface area contributed by atoms with Crippen LogP contribution in [0.25, 0.3) is 60.9 Å². The molecule has 0 aliphatic carbocycles. The van der Waals surface area contributed by atoms with Crippen LogP contribution < -0.4 is 4.90 Å². The van der Waals surface area contributed by atoms with Crippen molar-refractivity contribution >= 4 is 38.9 Å². The Labute approximate surface area is 299 Å². The fourth-order valence-electron chi connectivity index (χ4n) is 6.88. The third-order valence-corrected chi connectivity index (χ3v) is 9.29. The number of hydrogen-bond acceptors (Lipinski definition) is 1. The summed E-state index contributed by atoms with van der Waals surface area (Å²) in [5, 5.41) is 2.46. The average molecular weight is 644 g/mol. The van der Waals surface area contributed by atoms with Gasteiger partial charge in [-0.15, -0.1) is 0 Å². The lowest BCUT2D eigenvalue weighted by Gasteiger charge is -2.26. The largest absolute Gasteiger partial charge is 0.311 e. The Morgan fingerprint density at radius 3 is 1.36 bits per heavy atom. The van der Waals surface area contributed by atoms with E-state index in [9.17, 15) is 0 Å². The van der Waals surface area contributed by atoms with Crippen LogP contribution in [0.1, 0.15) is 6.85 Å². The van der Waals surface area contributed by atoms with E-state index in [0.29, 0.717) is 5.56 Å². The summed E-state index contributed by atoms with van der Waals surface area (Å²) in [4.78, 5) is 2.17. The molecule has 9 aromatic rings. The van der Waals surface area contributed by atoms with Gasteiger partial charge in [-0.1, -0.05) is 145 Å². The maximum atomic E-state index is 8.50. The van der Waals surface area contributed by atoms with Crippen molar-refractivity contribution in [3.05, 3.63) is 206 Å². The van der Waals surface area contributed by atoms with Gasteiger partial charge in [0.05, 0.1) is 17.9 Å². The van der Waals surface area contributed by atoms with Gasteiger partial charge in [-0.3, -0.25) is 0 Å². The topological polar surface area (TPSA) is 8.17 Å². The highest BCUT2D eigenvalue weighted by Gasteiger charge is 2.15. The molecule has 0 unspecified atom stereocenters. The molecule has 0 saturated heterocycles. The van der Waals surface area contributed by atoms with Crippen LogP contribution in [0, 0.1) is 0 Å². The Hall–Kier alpha value is -6.64. The van der Waals surface area contributed by atoms with E-state index in [4.69, 9.17) is 6.85 Å². The van der Waals surface area contributed by atoms with Gasteiger partial charge in [0, 0.05) is 33.5 Å². The van der Waals surface area contributed by atoms with Gasteiger partial charge in [0.1, 0.15) is 0 Å². The second kappa shape index (κ2) is 12.8. The second-order valence-electron chi connectivity index (χ2n) is 12.3. The van der Waals surface area contributed by atoms with Gasteiger partial charge in [0.15, 0.2) is 0 Å². The van der Waals surface area contributed by atoms with Gasteiger partial charge in [-0.05, 0) is 94.0 Å². The van der Waals surface area contributed by atoms with E-state index in [1.165, 1.54) is 21.8 Å². The molecule has 0 amide bonds. The van der Waals surface area contributed by atoms with Crippen LogP contribution >= 0.6 is 0 Å². The molecule has 0 aliphatic heterocycles. The molecule has 1 aromatic heterocycles. The van der Waals surface area contributed by atoms with Gasteiger partial charge in [0.25, 0.3) is 0 Å². The molecule has 2 nitrogen and oxygen atoms in total. The van der Waals surface area contributed by atoms with Crippen LogP contribution in [0.5, 0.6) is 0 Å². The van der Waals surface area contributed by atoms with Gasteiger partial charge >= 0.3 is 0 Å². The molecular weight excluding hydrogens is 605 g/mol. The van der Waals surface area contributed by atoms with Gasteiger partial charge in [0.2, 0.25) is 0 Å². The predicted molar refractivity (Wildman–Crippen MR) is 212 cm³/mol. The van der Waals surface area contributed by atoms with Crippen molar-refractivity contribution in [2.75, 3.05) is 4.90 Å². The molecule has 2 heteroatoms. The van der Waals surface area contributed by atoms with Gasteiger partial charge < -0.3 is 9.47 Å². The van der Waals surface area contributed by atoms with Crippen LogP contribution in [-0.2, 0) is 0 Å². The fourth-order valence-corrected chi connectivity index (χ4v) is 6.88. The standard InChI is InChI=1S/C48H34N2/c1-3-12-35(13-4-1)37-22-28-41(29-23-37)49(42-30-24-38(25-31-42)36-14-5-2-6-15-36)43-32-26-39(27-33-43)40-16-11-17-44(34-40)50-47-20-9-7-18-45(47)46-19-8-10-21-48(46)50/h1-34H/i1D,3D,4D,12D,13D. The van der Waals surface area contributed by atoms with Crippen molar-refractivity contribution in [1.82, 2.24) is 4.57 Å². The smallest absolute Gasteiger partial charge is 0.0629 e. The summed E-state index contributed by atoms with van der Waals surface area (Å²) in [6, 6.07) is 59.0. The summed E-state index contributed by atoms with van der Waals surface area (Å²) in [6.07, 6.45) is 0. The lowest BCUT2D eigenvalue weighted by atomic mass is 10.0. The third-order valence-electron chi connectivity index (χ3n) is 9.29. The second-order valence-corrected chi connectivity index (χ2v) is 12.3. The van der Waals surface area contributed by atoms with Crippen molar-refractivity contribution in [3.8, 4) is 39.1 Å². The first kappa shape index (κ1) is 24.5. The lowest BCUT2D eigenvalue weighted by Crippen LogP contribution is -2.09. The zero-order valence-electron chi connectivity index (χ0n) is 32.1. The molecule has 0 saturated carbocycles. The van der Waals surface area contributed by atoms with E-state index in [0.717, 1.165) is 45.0 Å². The minimum Gasteiger partial charge on any atom is -0.311 e. The molecular formula is C48H34N2. The summed E-state index contributed by atoms with van der Waals surface area (Å²) in [5.41, 5.74) is 11.4. The predicted octanol–water partition coefficient (Wildman–Crippen LogP) is 13.3. The van der Waals surface area contributed by atoms with Crippen LogP contribution in [0.3, 0.4) is 0 Å². The van der Waals surface area contributed by atoms with Crippen molar-refractivity contribution in [2.45, 2.75) is 0 Å². The number of rotatable bonds is 7. The maximum absolute atomic E-state index is 8.50. The number of benzene rings is 8. The molecule has 0 radical (unpaired) electrons. The summed E-state index contributed by atoms with van der Waals surface area (Å²) in [7, 11) is 0. The molecule has 9 rings (SSSR count). The highest BCUT2D eigenvalue weighted by molar-refractivity contribution is 6.09. The summed E-state index contributed by atoms with van der Waals surface area (Å²) in [6.45, 7) is 0. The minimum absolute atomic E-state index is 0.184. The Bertz CT molecular complexity index is 2760. The summed E-state index contributed by atoms with van der Waals surface area (Å²) >= 11 is 0. The first-order valence-electron chi connectivity index (χ1n) is 19.2. The molecule has 8 aromatic carbocycles. The zero-order valence-corrected chi connectivity index (χ0v) is 27.1. The van der Waals surface area contributed by atoms with Crippen LogP contribution in [0.2, 0.25) is 0 Å². The first-order chi connectivity index (χ1) is 26.9. The Morgan fingerprint density at radius 1 is 0.360 bits per heavy atom. The fraction of sp³-hybridized carbons (Fsp3) is 0. The molecule has 0 spiro atoms. The van der Waals surface area contributed by atoms with E-state index in [1.54, 1.807) is 0 Å². The molecule has 0 bridgehead atoms. The molecule has 0 fully saturated rings. The van der Waals surface area contributed by atoms with Crippen LogP contribution in [-0.4, -0.2) is 4.57 Å². The van der Waals surface area contributed by atoms with E-state index >= 15 is 0 Å². The highest BCUT2D eigenvalue weighted by atomic mass is 15.1. The van der Waals surface area contributed by atoms with Crippen molar-refractivity contribution in [2.24, 2.45) is 0 Å². The molecule has 0 N–H and O–H groups in total. The molecule has 1 heterocycles. The number of fused-ring (bicyclic) bond motifs is 3. The average Bonchev–Trinajstić information content (AvgIpc) is 3.58. The van der Waals surface area contributed by atoms with E-state index in [1.807, 2.05) is 42.5 Å².